The predicted octanol–water partition coefficient (Wildman–Crippen LogP) is 4.33. The van der Waals surface area contributed by atoms with Gasteiger partial charge in [0.15, 0.2) is 0 Å². The fourth-order valence-corrected chi connectivity index (χ4v) is 3.82. The van der Waals surface area contributed by atoms with Crippen molar-refractivity contribution in [3.05, 3.63) is 40.7 Å². The SMILES string of the molecule is CC(C)(C)OC(=O)NC1CCC(NC(=O)c2nc(Cl)cc3c(C#N)cccc23)CC1. The molecule has 1 aromatic carbocycles. The minimum absolute atomic E-state index is 0.0239. The Hall–Kier alpha value is -2.85. The number of rotatable bonds is 3. The molecule has 0 radical (unpaired) electrons. The number of ether oxygens (including phenoxy) is 1. The lowest BCUT2D eigenvalue weighted by Crippen LogP contribution is -2.45. The molecule has 2 amide bonds. The van der Waals surface area contributed by atoms with Crippen LogP contribution in [0.25, 0.3) is 10.8 Å². The van der Waals surface area contributed by atoms with Crippen LogP contribution in [0.4, 0.5) is 4.79 Å². The number of carbonyl (C=O) groups excluding carboxylic acids is 2. The van der Waals surface area contributed by atoms with Crippen molar-refractivity contribution in [1.29, 1.82) is 5.26 Å². The molecule has 30 heavy (non-hydrogen) atoms. The van der Waals surface area contributed by atoms with E-state index in [0.717, 1.165) is 25.7 Å². The number of nitrogens with zero attached hydrogens (tertiary/aromatic N) is 2. The van der Waals surface area contributed by atoms with Crippen molar-refractivity contribution >= 4 is 34.4 Å². The lowest BCUT2D eigenvalue weighted by Gasteiger charge is -2.30. The number of hydrogen-bond donors (Lipinski definition) is 2. The predicted molar refractivity (Wildman–Crippen MR) is 114 cm³/mol. The number of nitrogens with one attached hydrogen (secondary N) is 2. The molecule has 7 nitrogen and oxygen atoms in total. The molecule has 1 fully saturated rings. The molecular weight excluding hydrogens is 404 g/mol. The highest BCUT2D eigenvalue weighted by Crippen LogP contribution is 2.25. The number of benzene rings is 1. The van der Waals surface area contributed by atoms with Gasteiger partial charge in [-0.2, -0.15) is 5.26 Å². The van der Waals surface area contributed by atoms with Crippen LogP contribution in [0, 0.1) is 11.3 Å². The second-order valence-corrected chi connectivity index (χ2v) is 8.86. The van der Waals surface area contributed by atoms with Crippen LogP contribution in [-0.4, -0.2) is 34.7 Å². The molecule has 0 atom stereocenters. The minimum atomic E-state index is -0.534. The van der Waals surface area contributed by atoms with E-state index in [2.05, 4.69) is 21.7 Å². The molecule has 8 heteroatoms. The molecule has 0 aliphatic heterocycles. The van der Waals surface area contributed by atoms with Crippen molar-refractivity contribution in [1.82, 2.24) is 15.6 Å². The fraction of sp³-hybridized carbons (Fsp3) is 0.455. The van der Waals surface area contributed by atoms with Gasteiger partial charge >= 0.3 is 6.09 Å². The van der Waals surface area contributed by atoms with Gasteiger partial charge in [0.1, 0.15) is 16.4 Å². The first-order valence-electron chi connectivity index (χ1n) is 9.96. The molecule has 158 valence electrons. The van der Waals surface area contributed by atoms with Gasteiger partial charge in [0, 0.05) is 22.9 Å². The third-order valence-electron chi connectivity index (χ3n) is 4.96. The number of aromatic nitrogens is 1. The van der Waals surface area contributed by atoms with Crippen LogP contribution in [0.3, 0.4) is 0 Å². The smallest absolute Gasteiger partial charge is 0.407 e. The Morgan fingerprint density at radius 1 is 1.13 bits per heavy atom. The maximum Gasteiger partial charge on any atom is 0.407 e. The average molecular weight is 429 g/mol. The molecule has 1 aromatic heterocycles. The first-order valence-corrected chi connectivity index (χ1v) is 10.3. The van der Waals surface area contributed by atoms with E-state index in [1.54, 1.807) is 24.3 Å². The normalized spacial score (nSPS) is 19.0. The van der Waals surface area contributed by atoms with Gasteiger partial charge in [-0.25, -0.2) is 9.78 Å². The van der Waals surface area contributed by atoms with E-state index in [4.69, 9.17) is 16.3 Å². The Morgan fingerprint density at radius 3 is 2.37 bits per heavy atom. The zero-order valence-corrected chi connectivity index (χ0v) is 18.0. The molecule has 2 aromatic rings. The number of nitriles is 1. The Morgan fingerprint density at radius 2 is 1.77 bits per heavy atom. The minimum Gasteiger partial charge on any atom is -0.444 e. The summed E-state index contributed by atoms with van der Waals surface area (Å²) >= 11 is 6.10. The van der Waals surface area contributed by atoms with E-state index in [1.807, 2.05) is 20.8 Å². The number of fused-ring (bicyclic) bond motifs is 1. The molecule has 1 saturated carbocycles. The molecule has 0 spiro atoms. The second kappa shape index (κ2) is 8.88. The van der Waals surface area contributed by atoms with Crippen LogP contribution < -0.4 is 10.6 Å². The highest BCUT2D eigenvalue weighted by Gasteiger charge is 2.26. The zero-order chi connectivity index (χ0) is 21.9. The summed E-state index contributed by atoms with van der Waals surface area (Å²) in [6, 6.07) is 8.88. The quantitative estimate of drug-likeness (QED) is 0.708. The molecule has 0 unspecified atom stereocenters. The summed E-state index contributed by atoms with van der Waals surface area (Å²) in [6.45, 7) is 5.48. The van der Waals surface area contributed by atoms with Gasteiger partial charge in [-0.1, -0.05) is 23.7 Å². The van der Waals surface area contributed by atoms with Crippen molar-refractivity contribution in [3.63, 3.8) is 0 Å². The summed E-state index contributed by atoms with van der Waals surface area (Å²) in [5.74, 6) is -0.318. The van der Waals surface area contributed by atoms with Crippen molar-refractivity contribution in [2.24, 2.45) is 0 Å². The van der Waals surface area contributed by atoms with Crippen LogP contribution >= 0.6 is 11.6 Å². The van der Waals surface area contributed by atoms with Crippen LogP contribution in [0.2, 0.25) is 5.15 Å². The molecule has 0 bridgehead atoms. The molecule has 1 aliphatic rings. The molecule has 2 N–H and O–H groups in total. The summed E-state index contributed by atoms with van der Waals surface area (Å²) in [4.78, 5) is 29.0. The molecular formula is C22H25ClN4O3. The van der Waals surface area contributed by atoms with Gasteiger partial charge in [0.25, 0.3) is 5.91 Å². The Balaban J connectivity index is 1.63. The van der Waals surface area contributed by atoms with Gasteiger partial charge in [-0.15, -0.1) is 0 Å². The highest BCUT2D eigenvalue weighted by molar-refractivity contribution is 6.30. The molecule has 0 saturated heterocycles. The van der Waals surface area contributed by atoms with Gasteiger partial charge in [-0.3, -0.25) is 4.79 Å². The highest BCUT2D eigenvalue weighted by atomic mass is 35.5. The number of carbonyl (C=O) groups is 2. The molecule has 1 heterocycles. The summed E-state index contributed by atoms with van der Waals surface area (Å²) < 4.78 is 5.30. The van der Waals surface area contributed by atoms with Crippen molar-refractivity contribution < 1.29 is 14.3 Å². The van der Waals surface area contributed by atoms with E-state index in [0.29, 0.717) is 16.3 Å². The summed E-state index contributed by atoms with van der Waals surface area (Å²) in [5, 5.41) is 16.6. The van der Waals surface area contributed by atoms with Crippen molar-refractivity contribution in [2.45, 2.75) is 64.1 Å². The first-order chi connectivity index (χ1) is 14.2. The van der Waals surface area contributed by atoms with Gasteiger partial charge in [-0.05, 0) is 58.6 Å². The van der Waals surface area contributed by atoms with E-state index in [1.165, 1.54) is 0 Å². The summed E-state index contributed by atoms with van der Waals surface area (Å²) in [7, 11) is 0. The lowest BCUT2D eigenvalue weighted by atomic mass is 9.91. The third kappa shape index (κ3) is 5.39. The largest absolute Gasteiger partial charge is 0.444 e. The van der Waals surface area contributed by atoms with Crippen LogP contribution in [0.15, 0.2) is 24.3 Å². The van der Waals surface area contributed by atoms with E-state index < -0.39 is 11.7 Å². The van der Waals surface area contributed by atoms with Gasteiger partial charge < -0.3 is 15.4 Å². The van der Waals surface area contributed by atoms with Crippen LogP contribution in [0.1, 0.15) is 62.5 Å². The average Bonchev–Trinajstić information content (AvgIpc) is 2.66. The van der Waals surface area contributed by atoms with Crippen molar-refractivity contribution in [3.8, 4) is 6.07 Å². The molecule has 3 rings (SSSR count). The van der Waals surface area contributed by atoms with Gasteiger partial charge in [0.2, 0.25) is 0 Å². The number of amides is 2. The number of alkyl carbamates (subject to hydrolysis) is 1. The zero-order valence-electron chi connectivity index (χ0n) is 17.3. The number of pyridine rings is 1. The third-order valence-corrected chi connectivity index (χ3v) is 5.16. The summed E-state index contributed by atoms with van der Waals surface area (Å²) in [5.41, 5.74) is 0.121. The Kier molecular flexibility index (Phi) is 6.47. The maximum atomic E-state index is 12.9. The summed E-state index contributed by atoms with van der Waals surface area (Å²) in [6.07, 6.45) is 2.53. The number of halogens is 1. The Labute approximate surface area is 180 Å². The second-order valence-electron chi connectivity index (χ2n) is 8.47. The monoisotopic (exact) mass is 428 g/mol. The van der Waals surface area contributed by atoms with Gasteiger partial charge in [0.05, 0.1) is 11.6 Å². The lowest BCUT2D eigenvalue weighted by molar-refractivity contribution is 0.0488. The standard InChI is InChI=1S/C22H25ClN4O3/c1-22(2,3)30-21(29)26-15-9-7-14(8-10-15)25-20(28)19-16-6-4-5-13(12-24)17(16)11-18(23)27-19/h4-6,11,14-15H,7-10H2,1-3H3,(H,25,28)(H,26,29). The fourth-order valence-electron chi connectivity index (χ4n) is 3.63. The number of hydrogen-bond acceptors (Lipinski definition) is 5. The van der Waals surface area contributed by atoms with Crippen LogP contribution in [-0.2, 0) is 4.74 Å². The topological polar surface area (TPSA) is 104 Å². The van der Waals surface area contributed by atoms with E-state index in [-0.39, 0.29) is 28.8 Å². The maximum absolute atomic E-state index is 12.9. The Bertz CT molecular complexity index is 1000. The van der Waals surface area contributed by atoms with E-state index in [9.17, 15) is 14.9 Å². The first kappa shape index (κ1) is 21.8. The van der Waals surface area contributed by atoms with E-state index >= 15 is 0 Å². The van der Waals surface area contributed by atoms with Crippen molar-refractivity contribution in [2.75, 3.05) is 0 Å². The molecule has 1 aliphatic carbocycles. The van der Waals surface area contributed by atoms with Crippen LogP contribution in [0.5, 0.6) is 0 Å².